The topological polar surface area (TPSA) is 21.3 Å². The maximum absolute atomic E-state index is 5.62. The van der Waals surface area contributed by atoms with Crippen LogP contribution >= 0.6 is 0 Å². The van der Waals surface area contributed by atoms with E-state index >= 15 is 0 Å². The summed E-state index contributed by atoms with van der Waals surface area (Å²) in [4.78, 5) is 0. The van der Waals surface area contributed by atoms with Crippen LogP contribution in [0.4, 0.5) is 0 Å². The van der Waals surface area contributed by atoms with E-state index in [-0.39, 0.29) is 0 Å². The quantitative estimate of drug-likeness (QED) is 0.787. The maximum atomic E-state index is 5.62. The molecule has 1 N–H and O–H groups in total. The first kappa shape index (κ1) is 16.0. The van der Waals surface area contributed by atoms with E-state index in [1.807, 2.05) is 0 Å². The molecule has 0 heterocycles. The number of benzene rings is 1. The number of methoxy groups -OCH3 is 1. The van der Waals surface area contributed by atoms with Crippen LogP contribution in [0.1, 0.15) is 56.3 Å². The van der Waals surface area contributed by atoms with Gasteiger partial charge in [-0.1, -0.05) is 33.3 Å². The third-order valence-corrected chi connectivity index (χ3v) is 3.85. The standard InChI is InChI=1S/C17H29NO/c1-7-9-18-17(13(4)8-2)16-14(5)10-12(3)11-15(16)19-6/h10-11,13,17-18H,7-9H2,1-6H3. The first-order valence-corrected chi connectivity index (χ1v) is 7.43. The number of hydrogen-bond donors (Lipinski definition) is 1. The van der Waals surface area contributed by atoms with E-state index in [1.165, 1.54) is 16.7 Å². The highest BCUT2D eigenvalue weighted by molar-refractivity contribution is 5.45. The van der Waals surface area contributed by atoms with Crippen LogP contribution in [0.2, 0.25) is 0 Å². The van der Waals surface area contributed by atoms with E-state index in [4.69, 9.17) is 4.74 Å². The van der Waals surface area contributed by atoms with Crippen LogP contribution in [0.3, 0.4) is 0 Å². The van der Waals surface area contributed by atoms with Crippen LogP contribution in [-0.2, 0) is 0 Å². The fourth-order valence-corrected chi connectivity index (χ4v) is 2.63. The molecule has 0 aliphatic rings. The number of aryl methyl sites for hydroxylation is 2. The van der Waals surface area contributed by atoms with E-state index in [9.17, 15) is 0 Å². The van der Waals surface area contributed by atoms with Crippen molar-refractivity contribution in [1.82, 2.24) is 5.32 Å². The van der Waals surface area contributed by atoms with E-state index in [2.05, 4.69) is 52.1 Å². The van der Waals surface area contributed by atoms with Crippen molar-refractivity contribution in [3.63, 3.8) is 0 Å². The highest BCUT2D eigenvalue weighted by Gasteiger charge is 2.23. The van der Waals surface area contributed by atoms with Crippen LogP contribution in [0.5, 0.6) is 5.75 Å². The molecule has 0 amide bonds. The summed E-state index contributed by atoms with van der Waals surface area (Å²) < 4.78 is 5.62. The van der Waals surface area contributed by atoms with Crippen molar-refractivity contribution in [2.24, 2.45) is 5.92 Å². The molecule has 19 heavy (non-hydrogen) atoms. The van der Waals surface area contributed by atoms with Gasteiger partial charge in [0.1, 0.15) is 5.75 Å². The minimum Gasteiger partial charge on any atom is -0.496 e. The molecule has 1 aromatic carbocycles. The Morgan fingerprint density at radius 1 is 1.21 bits per heavy atom. The van der Waals surface area contributed by atoms with Crippen molar-refractivity contribution in [2.45, 2.75) is 53.5 Å². The van der Waals surface area contributed by atoms with Crippen molar-refractivity contribution < 1.29 is 4.74 Å². The van der Waals surface area contributed by atoms with Gasteiger partial charge in [0.15, 0.2) is 0 Å². The van der Waals surface area contributed by atoms with Gasteiger partial charge in [-0.25, -0.2) is 0 Å². The first-order chi connectivity index (χ1) is 9.04. The summed E-state index contributed by atoms with van der Waals surface area (Å²) >= 11 is 0. The van der Waals surface area contributed by atoms with Crippen LogP contribution in [0.25, 0.3) is 0 Å². The molecule has 0 spiro atoms. The van der Waals surface area contributed by atoms with Gasteiger partial charge < -0.3 is 10.1 Å². The van der Waals surface area contributed by atoms with Gasteiger partial charge in [-0.3, -0.25) is 0 Å². The molecule has 2 atom stereocenters. The molecule has 108 valence electrons. The molecule has 0 saturated carbocycles. The van der Waals surface area contributed by atoms with Gasteiger partial charge in [0.25, 0.3) is 0 Å². The molecule has 0 radical (unpaired) electrons. The van der Waals surface area contributed by atoms with Crippen LogP contribution in [0.15, 0.2) is 12.1 Å². The van der Waals surface area contributed by atoms with Crippen molar-refractivity contribution >= 4 is 0 Å². The second-order valence-electron chi connectivity index (χ2n) is 5.52. The zero-order valence-corrected chi connectivity index (χ0v) is 13.3. The van der Waals surface area contributed by atoms with E-state index in [0.29, 0.717) is 12.0 Å². The Bertz CT molecular complexity index is 400. The molecule has 0 saturated heterocycles. The van der Waals surface area contributed by atoms with Gasteiger partial charge >= 0.3 is 0 Å². The molecule has 2 heteroatoms. The third-order valence-electron chi connectivity index (χ3n) is 3.85. The summed E-state index contributed by atoms with van der Waals surface area (Å²) in [6.07, 6.45) is 2.32. The molecular formula is C17H29NO. The predicted octanol–water partition coefficient (Wildman–Crippen LogP) is 4.40. The number of nitrogens with one attached hydrogen (secondary N) is 1. The van der Waals surface area contributed by atoms with Gasteiger partial charge in [0.2, 0.25) is 0 Å². The largest absolute Gasteiger partial charge is 0.496 e. The second kappa shape index (κ2) is 7.54. The van der Waals surface area contributed by atoms with Gasteiger partial charge in [-0.2, -0.15) is 0 Å². The normalized spacial score (nSPS) is 14.2. The Kier molecular flexibility index (Phi) is 6.36. The Labute approximate surface area is 118 Å². The molecule has 0 aliphatic heterocycles. The molecule has 0 aromatic heterocycles. The SMILES string of the molecule is CCCNC(c1c(C)cc(C)cc1OC)C(C)CC. The van der Waals surface area contributed by atoms with Gasteiger partial charge in [0.05, 0.1) is 7.11 Å². The van der Waals surface area contributed by atoms with Crippen molar-refractivity contribution in [1.29, 1.82) is 0 Å². The smallest absolute Gasteiger partial charge is 0.124 e. The monoisotopic (exact) mass is 263 g/mol. The molecule has 1 aromatic rings. The zero-order valence-electron chi connectivity index (χ0n) is 13.3. The molecule has 1 rings (SSSR count). The van der Waals surface area contributed by atoms with Crippen molar-refractivity contribution in [2.75, 3.05) is 13.7 Å². The lowest BCUT2D eigenvalue weighted by molar-refractivity contribution is 0.350. The predicted molar refractivity (Wildman–Crippen MR) is 83.0 cm³/mol. The average Bonchev–Trinajstić information content (AvgIpc) is 2.39. The molecule has 0 aliphatic carbocycles. The van der Waals surface area contributed by atoms with Crippen LogP contribution in [0, 0.1) is 19.8 Å². The van der Waals surface area contributed by atoms with Gasteiger partial charge in [-0.15, -0.1) is 0 Å². The Morgan fingerprint density at radius 2 is 1.89 bits per heavy atom. The van der Waals surface area contributed by atoms with Crippen LogP contribution < -0.4 is 10.1 Å². The minimum atomic E-state index is 0.375. The summed E-state index contributed by atoms with van der Waals surface area (Å²) in [6, 6.07) is 4.77. The minimum absolute atomic E-state index is 0.375. The highest BCUT2D eigenvalue weighted by atomic mass is 16.5. The van der Waals surface area contributed by atoms with Crippen LogP contribution in [-0.4, -0.2) is 13.7 Å². The summed E-state index contributed by atoms with van der Waals surface area (Å²) in [5, 5.41) is 3.69. The highest BCUT2D eigenvalue weighted by Crippen LogP contribution is 2.35. The number of rotatable bonds is 7. The molecule has 0 fully saturated rings. The Balaban J connectivity index is 3.20. The summed E-state index contributed by atoms with van der Waals surface area (Å²) in [5.41, 5.74) is 3.91. The average molecular weight is 263 g/mol. The summed E-state index contributed by atoms with van der Waals surface area (Å²) in [6.45, 7) is 12.1. The third kappa shape index (κ3) is 3.97. The molecule has 2 nitrogen and oxygen atoms in total. The van der Waals surface area contributed by atoms with Gasteiger partial charge in [0, 0.05) is 11.6 Å². The van der Waals surface area contributed by atoms with E-state index in [0.717, 1.165) is 25.1 Å². The second-order valence-corrected chi connectivity index (χ2v) is 5.52. The van der Waals surface area contributed by atoms with Gasteiger partial charge in [-0.05, 0) is 49.9 Å². The van der Waals surface area contributed by atoms with E-state index in [1.54, 1.807) is 7.11 Å². The van der Waals surface area contributed by atoms with E-state index < -0.39 is 0 Å². The zero-order chi connectivity index (χ0) is 14.4. The fraction of sp³-hybridized carbons (Fsp3) is 0.647. The maximum Gasteiger partial charge on any atom is 0.124 e. The Morgan fingerprint density at radius 3 is 2.42 bits per heavy atom. The number of hydrogen-bond acceptors (Lipinski definition) is 2. The summed E-state index contributed by atoms with van der Waals surface area (Å²) in [7, 11) is 1.77. The molecular weight excluding hydrogens is 234 g/mol. The lowest BCUT2D eigenvalue weighted by Gasteiger charge is -2.28. The molecule has 0 bridgehead atoms. The van der Waals surface area contributed by atoms with Crippen molar-refractivity contribution in [3.05, 3.63) is 28.8 Å². The lowest BCUT2D eigenvalue weighted by Crippen LogP contribution is -2.28. The fourth-order valence-electron chi connectivity index (χ4n) is 2.63. The molecule has 2 unspecified atom stereocenters. The summed E-state index contributed by atoms with van der Waals surface area (Å²) in [5.74, 6) is 1.62. The first-order valence-electron chi connectivity index (χ1n) is 7.43. The lowest BCUT2D eigenvalue weighted by atomic mass is 9.88. The van der Waals surface area contributed by atoms with Crippen molar-refractivity contribution in [3.8, 4) is 5.75 Å². The number of ether oxygens (including phenoxy) is 1. The Hall–Kier alpha value is -1.02.